The van der Waals surface area contributed by atoms with Crippen molar-refractivity contribution in [1.82, 2.24) is 20.3 Å². The molecule has 0 aliphatic heterocycles. The smallest absolute Gasteiger partial charge is 0.0756 e. The summed E-state index contributed by atoms with van der Waals surface area (Å²) in [5.41, 5.74) is 2.64. The second-order valence-electron chi connectivity index (χ2n) is 5.23. The summed E-state index contributed by atoms with van der Waals surface area (Å²) in [5, 5.41) is 11.6. The molecule has 19 heavy (non-hydrogen) atoms. The van der Waals surface area contributed by atoms with E-state index in [2.05, 4.69) is 52.9 Å². The molecule has 3 atom stereocenters. The number of benzene rings is 1. The van der Waals surface area contributed by atoms with E-state index in [4.69, 9.17) is 0 Å². The van der Waals surface area contributed by atoms with E-state index in [-0.39, 0.29) is 0 Å². The third-order valence-corrected chi connectivity index (χ3v) is 3.99. The van der Waals surface area contributed by atoms with Gasteiger partial charge in [0.1, 0.15) is 0 Å². The molecule has 1 aliphatic carbocycles. The van der Waals surface area contributed by atoms with Crippen molar-refractivity contribution in [1.29, 1.82) is 0 Å². The second kappa shape index (κ2) is 5.13. The molecule has 3 unspecified atom stereocenters. The van der Waals surface area contributed by atoms with Crippen LogP contribution >= 0.6 is 0 Å². The highest BCUT2D eigenvalue weighted by molar-refractivity contribution is 5.28. The molecule has 0 spiro atoms. The molecular formula is C15H20N4. The molecule has 4 heteroatoms. The average molecular weight is 256 g/mol. The molecule has 4 nitrogen and oxygen atoms in total. The molecule has 100 valence electrons. The molecule has 1 aromatic carbocycles. The lowest BCUT2D eigenvalue weighted by atomic mass is 10.0. The lowest BCUT2D eigenvalue weighted by Crippen LogP contribution is -2.25. The van der Waals surface area contributed by atoms with Gasteiger partial charge in [0.25, 0.3) is 0 Å². The van der Waals surface area contributed by atoms with Crippen molar-refractivity contribution in [2.24, 2.45) is 13.0 Å². The maximum atomic E-state index is 4.05. The van der Waals surface area contributed by atoms with Gasteiger partial charge in [-0.25, -0.2) is 0 Å². The Morgan fingerprint density at radius 1 is 1.37 bits per heavy atom. The predicted molar refractivity (Wildman–Crippen MR) is 74.7 cm³/mol. The largest absolute Gasteiger partial charge is 0.309 e. The third kappa shape index (κ3) is 2.40. The van der Waals surface area contributed by atoms with Crippen LogP contribution in [0.4, 0.5) is 0 Å². The van der Waals surface area contributed by atoms with Crippen molar-refractivity contribution >= 4 is 0 Å². The molecule has 1 aromatic heterocycles. The molecule has 0 bridgehead atoms. The Labute approximate surface area is 113 Å². The van der Waals surface area contributed by atoms with E-state index in [1.165, 1.54) is 17.7 Å². The number of aromatic nitrogens is 3. The highest BCUT2D eigenvalue weighted by Crippen LogP contribution is 2.53. The third-order valence-electron chi connectivity index (χ3n) is 3.99. The molecule has 1 fully saturated rings. The highest BCUT2D eigenvalue weighted by Gasteiger charge is 2.45. The molecule has 2 aromatic rings. The summed E-state index contributed by atoms with van der Waals surface area (Å²) in [7, 11) is 1.96. The molecule has 3 rings (SSSR count). The minimum Gasteiger partial charge on any atom is -0.309 e. The van der Waals surface area contributed by atoms with Gasteiger partial charge in [0.05, 0.1) is 17.9 Å². The van der Waals surface area contributed by atoms with Gasteiger partial charge in [-0.15, -0.1) is 5.10 Å². The molecule has 0 radical (unpaired) electrons. The second-order valence-corrected chi connectivity index (χ2v) is 5.23. The maximum absolute atomic E-state index is 4.05. The Morgan fingerprint density at radius 3 is 2.79 bits per heavy atom. The standard InChI is InChI=1S/C15H20N4/c1-3-16-15(14-10-17-18-19(14)2)13-9-12(13)11-7-5-4-6-8-11/h4-8,10,12-13,15-16H,3,9H2,1-2H3. The van der Waals surface area contributed by atoms with E-state index in [1.54, 1.807) is 0 Å². The summed E-state index contributed by atoms with van der Waals surface area (Å²) < 4.78 is 1.88. The molecule has 1 aliphatic rings. The fourth-order valence-corrected chi connectivity index (χ4v) is 2.94. The van der Waals surface area contributed by atoms with E-state index in [0.717, 1.165) is 6.54 Å². The number of hydrogen-bond acceptors (Lipinski definition) is 3. The van der Waals surface area contributed by atoms with Gasteiger partial charge >= 0.3 is 0 Å². The molecule has 0 amide bonds. The first-order chi connectivity index (χ1) is 9.31. The van der Waals surface area contributed by atoms with Crippen molar-refractivity contribution in [3.05, 3.63) is 47.8 Å². The van der Waals surface area contributed by atoms with Gasteiger partial charge in [0.15, 0.2) is 0 Å². The Morgan fingerprint density at radius 2 is 2.16 bits per heavy atom. The van der Waals surface area contributed by atoms with Gasteiger partial charge in [0, 0.05) is 7.05 Å². The zero-order valence-electron chi connectivity index (χ0n) is 11.5. The van der Waals surface area contributed by atoms with Crippen molar-refractivity contribution in [3.8, 4) is 0 Å². The lowest BCUT2D eigenvalue weighted by molar-refractivity contribution is 0.454. The van der Waals surface area contributed by atoms with Crippen LogP contribution < -0.4 is 5.32 Å². The maximum Gasteiger partial charge on any atom is 0.0756 e. The van der Waals surface area contributed by atoms with Crippen LogP contribution in [-0.2, 0) is 7.05 Å². The topological polar surface area (TPSA) is 42.7 Å². The van der Waals surface area contributed by atoms with Crippen LogP contribution in [-0.4, -0.2) is 21.5 Å². The number of aryl methyl sites for hydroxylation is 1. The number of rotatable bonds is 5. The van der Waals surface area contributed by atoms with Crippen LogP contribution in [0.15, 0.2) is 36.5 Å². The summed E-state index contributed by atoms with van der Waals surface area (Å²) in [5.74, 6) is 1.32. The Balaban J connectivity index is 1.79. The quantitative estimate of drug-likeness (QED) is 0.892. The Hall–Kier alpha value is -1.68. The minimum atomic E-state index is 0.357. The first-order valence-electron chi connectivity index (χ1n) is 6.94. The average Bonchev–Trinajstić information content (AvgIpc) is 3.12. The SMILES string of the molecule is CCNC(c1cnnn1C)C1CC1c1ccccc1. The Bertz CT molecular complexity index is 534. The monoisotopic (exact) mass is 256 g/mol. The van der Waals surface area contributed by atoms with Crippen molar-refractivity contribution in [2.75, 3.05) is 6.54 Å². The van der Waals surface area contributed by atoms with Gasteiger partial charge in [0.2, 0.25) is 0 Å². The summed E-state index contributed by atoms with van der Waals surface area (Å²) in [6.45, 7) is 3.12. The van der Waals surface area contributed by atoms with Crippen molar-refractivity contribution in [3.63, 3.8) is 0 Å². The van der Waals surface area contributed by atoms with E-state index in [1.807, 2.05) is 17.9 Å². The lowest BCUT2D eigenvalue weighted by Gasteiger charge is -2.17. The number of hydrogen-bond donors (Lipinski definition) is 1. The van der Waals surface area contributed by atoms with E-state index < -0.39 is 0 Å². The van der Waals surface area contributed by atoms with E-state index in [9.17, 15) is 0 Å². The van der Waals surface area contributed by atoms with Crippen LogP contribution in [0.2, 0.25) is 0 Å². The van der Waals surface area contributed by atoms with Crippen LogP contribution in [0, 0.1) is 5.92 Å². The summed E-state index contributed by atoms with van der Waals surface area (Å²) in [4.78, 5) is 0. The number of nitrogens with one attached hydrogen (secondary N) is 1. The molecule has 1 N–H and O–H groups in total. The molecular weight excluding hydrogens is 236 g/mol. The highest BCUT2D eigenvalue weighted by atomic mass is 15.4. The van der Waals surface area contributed by atoms with Crippen LogP contribution in [0.3, 0.4) is 0 Å². The van der Waals surface area contributed by atoms with Gasteiger partial charge in [-0.3, -0.25) is 4.68 Å². The van der Waals surface area contributed by atoms with E-state index >= 15 is 0 Å². The Kier molecular flexibility index (Phi) is 3.34. The first-order valence-corrected chi connectivity index (χ1v) is 6.94. The minimum absolute atomic E-state index is 0.357. The summed E-state index contributed by atoms with van der Waals surface area (Å²) >= 11 is 0. The van der Waals surface area contributed by atoms with Crippen molar-refractivity contribution in [2.45, 2.75) is 25.3 Å². The molecule has 0 saturated heterocycles. The predicted octanol–water partition coefficient (Wildman–Crippen LogP) is 2.27. The van der Waals surface area contributed by atoms with Crippen LogP contribution in [0.25, 0.3) is 0 Å². The summed E-state index contributed by atoms with van der Waals surface area (Å²) in [6.07, 6.45) is 3.13. The summed E-state index contributed by atoms with van der Waals surface area (Å²) in [6, 6.07) is 11.1. The zero-order valence-corrected chi connectivity index (χ0v) is 11.5. The molecule has 1 heterocycles. The van der Waals surface area contributed by atoms with Gasteiger partial charge in [-0.05, 0) is 30.4 Å². The van der Waals surface area contributed by atoms with Crippen molar-refractivity contribution < 1.29 is 0 Å². The van der Waals surface area contributed by atoms with Gasteiger partial charge in [-0.1, -0.05) is 42.5 Å². The fourth-order valence-electron chi connectivity index (χ4n) is 2.94. The van der Waals surface area contributed by atoms with Crippen LogP contribution in [0.5, 0.6) is 0 Å². The molecule has 1 saturated carbocycles. The zero-order chi connectivity index (χ0) is 13.2. The van der Waals surface area contributed by atoms with Crippen LogP contribution in [0.1, 0.15) is 36.6 Å². The van der Waals surface area contributed by atoms with Gasteiger partial charge in [-0.2, -0.15) is 0 Å². The first kappa shape index (κ1) is 12.4. The van der Waals surface area contributed by atoms with Gasteiger partial charge < -0.3 is 5.32 Å². The normalized spacial score (nSPS) is 23.3. The van der Waals surface area contributed by atoms with E-state index in [0.29, 0.717) is 17.9 Å². The fraction of sp³-hybridized carbons (Fsp3) is 0.467. The number of nitrogens with zero attached hydrogens (tertiary/aromatic N) is 3.